The second-order valence-corrected chi connectivity index (χ2v) is 2.30. The Hall–Kier alpha value is -1.58. The van der Waals surface area contributed by atoms with Crippen molar-refractivity contribution in [1.82, 2.24) is 0 Å². The van der Waals surface area contributed by atoms with Gasteiger partial charge < -0.3 is 17.4 Å². The first-order valence-electron chi connectivity index (χ1n) is 3.50. The minimum absolute atomic E-state index is 0. The van der Waals surface area contributed by atoms with E-state index in [1.54, 1.807) is 11.7 Å². The van der Waals surface area contributed by atoms with Crippen molar-refractivity contribution in [1.29, 1.82) is 0 Å². The van der Waals surface area contributed by atoms with E-state index in [4.69, 9.17) is 9.94 Å². The van der Waals surface area contributed by atoms with Gasteiger partial charge in [0.05, 0.1) is 13.2 Å². The third kappa shape index (κ3) is 2.43. The quantitative estimate of drug-likeness (QED) is 0.241. The van der Waals surface area contributed by atoms with E-state index in [-0.39, 0.29) is 7.43 Å². The lowest BCUT2D eigenvalue weighted by atomic mass is 10.3. The van der Waals surface area contributed by atoms with Gasteiger partial charge in [-0.05, 0) is 6.07 Å². The van der Waals surface area contributed by atoms with Crippen LogP contribution in [0.15, 0.2) is 23.4 Å². The number of hydrogen-bond acceptors (Lipinski definition) is 3. The molecule has 0 radical (unpaired) electrons. The number of nitrogens with zero attached hydrogens (tertiary/aromatic N) is 2. The fourth-order valence-corrected chi connectivity index (χ4v) is 0.974. The highest BCUT2D eigenvalue weighted by Gasteiger charge is 2.09. The number of aromatic nitrogens is 1. The first kappa shape index (κ1) is 11.4. The zero-order valence-electron chi connectivity index (χ0n) is 8.06. The molecule has 0 aliphatic rings. The van der Waals surface area contributed by atoms with Crippen LogP contribution in [0.3, 0.4) is 0 Å². The van der Waals surface area contributed by atoms with E-state index in [2.05, 4.69) is 5.16 Å². The van der Waals surface area contributed by atoms with Gasteiger partial charge in [-0.3, -0.25) is 0 Å². The molecule has 0 saturated carbocycles. The van der Waals surface area contributed by atoms with E-state index in [9.17, 15) is 0 Å². The van der Waals surface area contributed by atoms with Gasteiger partial charge in [-0.15, -0.1) is 0 Å². The van der Waals surface area contributed by atoms with Gasteiger partial charge in [-0.2, -0.15) is 4.57 Å². The summed E-state index contributed by atoms with van der Waals surface area (Å²) in [5, 5.41) is 11.3. The Morgan fingerprint density at radius 2 is 2.23 bits per heavy atom. The van der Waals surface area contributed by atoms with Crippen molar-refractivity contribution in [2.75, 3.05) is 7.11 Å². The van der Waals surface area contributed by atoms with Crippen LogP contribution in [0, 0.1) is 7.43 Å². The van der Waals surface area contributed by atoms with Crippen LogP contribution in [0.4, 0.5) is 0 Å². The number of oxime groups is 1. The molecule has 0 saturated heterocycles. The van der Waals surface area contributed by atoms with E-state index in [1.807, 2.05) is 25.2 Å². The predicted molar refractivity (Wildman–Crippen MR) is 50.0 cm³/mol. The molecule has 1 N–H and O–H groups in total. The lowest BCUT2D eigenvalue weighted by Gasteiger charge is -1.98. The molecule has 0 aromatic carbocycles. The molecule has 0 bridgehead atoms. The Morgan fingerprint density at radius 3 is 2.77 bits per heavy atom. The average Bonchev–Trinajstić information content (AvgIpc) is 2.09. The molecule has 0 unspecified atom stereocenters. The summed E-state index contributed by atoms with van der Waals surface area (Å²) in [5.41, 5.74) is 0.775. The molecule has 4 heteroatoms. The maximum atomic E-state index is 8.32. The summed E-state index contributed by atoms with van der Waals surface area (Å²) < 4.78 is 6.83. The fourth-order valence-electron chi connectivity index (χ4n) is 0.974. The van der Waals surface area contributed by atoms with Crippen molar-refractivity contribution in [3.8, 4) is 5.88 Å². The molecule has 1 rings (SSSR count). The van der Waals surface area contributed by atoms with Gasteiger partial charge in [0, 0.05) is 6.07 Å². The van der Waals surface area contributed by atoms with Crippen molar-refractivity contribution < 1.29 is 14.5 Å². The highest BCUT2D eigenvalue weighted by atomic mass is 16.5. The maximum absolute atomic E-state index is 8.32. The van der Waals surface area contributed by atoms with Crippen molar-refractivity contribution in [3.63, 3.8) is 0 Å². The van der Waals surface area contributed by atoms with Crippen LogP contribution in [0.2, 0.25) is 0 Å². The van der Waals surface area contributed by atoms with Gasteiger partial charge in [-0.25, -0.2) is 0 Å². The van der Waals surface area contributed by atoms with Crippen LogP contribution in [0.1, 0.15) is 5.69 Å². The van der Waals surface area contributed by atoms with Gasteiger partial charge in [0.15, 0.2) is 0 Å². The van der Waals surface area contributed by atoms with E-state index in [0.29, 0.717) is 5.88 Å². The van der Waals surface area contributed by atoms with E-state index in [1.165, 1.54) is 6.21 Å². The topological polar surface area (TPSA) is 45.7 Å². The van der Waals surface area contributed by atoms with Crippen LogP contribution < -0.4 is 9.30 Å². The van der Waals surface area contributed by atoms with E-state index >= 15 is 0 Å². The Labute approximate surface area is 78.1 Å². The summed E-state index contributed by atoms with van der Waals surface area (Å²) in [6.45, 7) is 0. The van der Waals surface area contributed by atoms with Crippen LogP contribution in [0.5, 0.6) is 5.88 Å². The second kappa shape index (κ2) is 5.13. The number of methoxy groups -OCH3 is 1. The number of rotatable bonds is 2. The summed E-state index contributed by atoms with van der Waals surface area (Å²) in [4.78, 5) is 0. The zero-order valence-corrected chi connectivity index (χ0v) is 8.06. The van der Waals surface area contributed by atoms with Gasteiger partial charge in [-0.1, -0.05) is 5.16 Å². The van der Waals surface area contributed by atoms with Gasteiger partial charge in [0.1, 0.15) is 13.3 Å². The summed E-state index contributed by atoms with van der Waals surface area (Å²) in [5.74, 6) is 0.715. The second-order valence-electron chi connectivity index (χ2n) is 2.30. The molecule has 0 atom stereocenters. The molecule has 1 heterocycles. The third-order valence-corrected chi connectivity index (χ3v) is 1.62. The predicted octanol–water partition coefficient (Wildman–Crippen LogP) is 0.778. The smallest absolute Gasteiger partial charge is 0.367 e. The molecular weight excluding hydrogens is 168 g/mol. The Morgan fingerprint density at radius 1 is 1.54 bits per heavy atom. The van der Waals surface area contributed by atoms with Gasteiger partial charge in [0.2, 0.25) is 5.69 Å². The molecular formula is C9H14N2O2. The molecule has 1 aromatic heterocycles. The van der Waals surface area contributed by atoms with E-state index in [0.717, 1.165) is 5.69 Å². The molecule has 0 fully saturated rings. The van der Waals surface area contributed by atoms with Gasteiger partial charge >= 0.3 is 5.88 Å². The highest BCUT2D eigenvalue weighted by molar-refractivity contribution is 5.74. The number of ether oxygens (including phenoxy) is 1. The molecule has 4 nitrogen and oxygen atoms in total. The monoisotopic (exact) mass is 182 g/mol. The summed E-state index contributed by atoms with van der Waals surface area (Å²) in [7, 11) is 3.42. The first-order chi connectivity index (χ1) is 5.79. The lowest BCUT2D eigenvalue weighted by Crippen LogP contribution is -2.35. The SMILES string of the molecule is COc1cccc(/C=N\O)[n+]1C.[CH3-]. The normalized spacial score (nSPS) is 9.69. The van der Waals surface area contributed by atoms with Crippen molar-refractivity contribution >= 4 is 6.21 Å². The van der Waals surface area contributed by atoms with Crippen LogP contribution >= 0.6 is 0 Å². The zero-order chi connectivity index (χ0) is 8.97. The average molecular weight is 182 g/mol. The van der Waals surface area contributed by atoms with Crippen molar-refractivity contribution in [2.45, 2.75) is 0 Å². The maximum Gasteiger partial charge on any atom is 0.367 e. The molecule has 1 aromatic rings. The lowest BCUT2D eigenvalue weighted by molar-refractivity contribution is -0.677. The van der Waals surface area contributed by atoms with Crippen LogP contribution in [0.25, 0.3) is 0 Å². The standard InChI is InChI=1S/C8H10N2O2.CH3/c1-10-7(6-9-11)4-3-5-8(10)12-2;/h3-6H,1-2H3;1H3/q;-1/p+1. The van der Waals surface area contributed by atoms with Crippen LogP contribution in [-0.2, 0) is 7.05 Å². The molecule has 0 aliphatic carbocycles. The number of pyridine rings is 1. The minimum Gasteiger partial charge on any atom is -0.448 e. The largest absolute Gasteiger partial charge is 0.448 e. The molecule has 13 heavy (non-hydrogen) atoms. The first-order valence-corrected chi connectivity index (χ1v) is 3.50. The summed E-state index contributed by atoms with van der Waals surface area (Å²) in [6.07, 6.45) is 1.35. The van der Waals surface area contributed by atoms with E-state index < -0.39 is 0 Å². The third-order valence-electron chi connectivity index (χ3n) is 1.62. The Bertz CT molecular complexity index is 298. The van der Waals surface area contributed by atoms with Gasteiger partial charge in [0.25, 0.3) is 0 Å². The summed E-state index contributed by atoms with van der Waals surface area (Å²) in [6, 6.07) is 5.48. The molecule has 72 valence electrons. The molecule has 0 amide bonds. The summed E-state index contributed by atoms with van der Waals surface area (Å²) >= 11 is 0. The fraction of sp³-hybridized carbons (Fsp3) is 0.222. The van der Waals surface area contributed by atoms with Crippen molar-refractivity contribution in [3.05, 3.63) is 31.3 Å². The molecule has 0 spiro atoms. The van der Waals surface area contributed by atoms with Crippen LogP contribution in [-0.4, -0.2) is 18.5 Å². The Balaban J connectivity index is 0.00000144. The van der Waals surface area contributed by atoms with Crippen molar-refractivity contribution in [2.24, 2.45) is 12.2 Å². The number of hydrogen-bond donors (Lipinski definition) is 1. The Kier molecular flexibility index (Phi) is 4.51. The minimum atomic E-state index is 0. The molecule has 0 aliphatic heterocycles. The highest BCUT2D eigenvalue weighted by Crippen LogP contribution is 2.01.